The lowest BCUT2D eigenvalue weighted by atomic mass is 10.2. The number of nitrogens with zero attached hydrogens (tertiary/aromatic N) is 3. The molecule has 0 N–H and O–H groups in total. The molecule has 0 aromatic carbocycles. The Morgan fingerprint density at radius 3 is 3.06 bits per heavy atom. The predicted octanol–water partition coefficient (Wildman–Crippen LogP) is 2.81. The molecule has 88 valence electrons. The Morgan fingerprint density at radius 1 is 1.56 bits per heavy atom. The third-order valence-electron chi connectivity index (χ3n) is 2.64. The number of anilines is 1. The molecule has 1 saturated heterocycles. The molecular weight excluding hydrogens is 265 g/mol. The van der Waals surface area contributed by atoms with Gasteiger partial charge < -0.3 is 4.90 Å². The average molecular weight is 278 g/mol. The van der Waals surface area contributed by atoms with Gasteiger partial charge in [-0.2, -0.15) is 11.8 Å². The molecule has 1 fully saturated rings. The molecule has 1 aromatic heterocycles. The second-order valence-electron chi connectivity index (χ2n) is 3.72. The summed E-state index contributed by atoms with van der Waals surface area (Å²) < 4.78 is 0. The van der Waals surface area contributed by atoms with Crippen molar-refractivity contribution in [3.05, 3.63) is 17.0 Å². The smallest absolute Gasteiger partial charge is 0.138 e. The van der Waals surface area contributed by atoms with Crippen molar-refractivity contribution < 1.29 is 0 Å². The van der Waals surface area contributed by atoms with Gasteiger partial charge in [0.15, 0.2) is 0 Å². The number of hydrogen-bond donors (Lipinski definition) is 0. The van der Waals surface area contributed by atoms with Crippen LogP contribution in [0, 0.1) is 0 Å². The van der Waals surface area contributed by atoms with Crippen LogP contribution in [0.5, 0.6) is 0 Å². The Bertz CT molecular complexity index is 375. The zero-order chi connectivity index (χ0) is 11.5. The molecule has 1 aliphatic heterocycles. The first-order chi connectivity index (χ1) is 7.74. The van der Waals surface area contributed by atoms with Crippen molar-refractivity contribution in [3.8, 4) is 0 Å². The molecule has 0 bridgehead atoms. The van der Waals surface area contributed by atoms with E-state index in [4.69, 9.17) is 23.2 Å². The van der Waals surface area contributed by atoms with Gasteiger partial charge in [-0.3, -0.25) is 0 Å². The number of halogens is 2. The van der Waals surface area contributed by atoms with Crippen LogP contribution in [0.15, 0.2) is 6.33 Å². The maximum absolute atomic E-state index is 6.03. The van der Waals surface area contributed by atoms with Gasteiger partial charge in [0, 0.05) is 29.7 Å². The van der Waals surface area contributed by atoms with Crippen LogP contribution in [0.1, 0.15) is 12.5 Å². The third-order valence-corrected chi connectivity index (χ3v) is 4.43. The van der Waals surface area contributed by atoms with Gasteiger partial charge in [0.05, 0.1) is 5.88 Å². The molecule has 0 spiro atoms. The first-order valence-corrected chi connectivity index (χ1v) is 7.20. The number of thioether (sulfide) groups is 1. The Hall–Kier alpha value is -0.190. The average Bonchev–Trinajstić information content (AvgIpc) is 2.29. The van der Waals surface area contributed by atoms with Gasteiger partial charge in [0.1, 0.15) is 17.3 Å². The van der Waals surface area contributed by atoms with E-state index >= 15 is 0 Å². The fourth-order valence-electron chi connectivity index (χ4n) is 1.79. The molecule has 0 amide bonds. The number of rotatable bonds is 2. The summed E-state index contributed by atoms with van der Waals surface area (Å²) in [6.45, 7) is 3.18. The van der Waals surface area contributed by atoms with E-state index < -0.39 is 0 Å². The van der Waals surface area contributed by atoms with Crippen LogP contribution in [0.4, 0.5) is 5.82 Å². The first-order valence-electron chi connectivity index (χ1n) is 5.13. The zero-order valence-corrected chi connectivity index (χ0v) is 11.3. The van der Waals surface area contributed by atoms with Gasteiger partial charge in [-0.25, -0.2) is 9.97 Å². The van der Waals surface area contributed by atoms with Crippen molar-refractivity contribution in [2.75, 3.05) is 23.0 Å². The van der Waals surface area contributed by atoms with Crippen molar-refractivity contribution in [3.63, 3.8) is 0 Å². The molecule has 1 unspecified atom stereocenters. The second kappa shape index (κ2) is 5.43. The highest BCUT2D eigenvalue weighted by molar-refractivity contribution is 7.99. The summed E-state index contributed by atoms with van der Waals surface area (Å²) in [7, 11) is 0. The predicted molar refractivity (Wildman–Crippen MR) is 70.7 cm³/mol. The molecule has 16 heavy (non-hydrogen) atoms. The molecule has 1 aromatic rings. The second-order valence-corrected chi connectivity index (χ2v) is 5.49. The highest BCUT2D eigenvalue weighted by atomic mass is 35.5. The molecule has 0 aliphatic carbocycles. The first kappa shape index (κ1) is 12.3. The zero-order valence-electron chi connectivity index (χ0n) is 8.99. The molecule has 2 heterocycles. The fourth-order valence-corrected chi connectivity index (χ4v) is 3.31. The molecule has 1 aliphatic rings. The Kier molecular flexibility index (Phi) is 4.16. The lowest BCUT2D eigenvalue weighted by Crippen LogP contribution is -2.41. The van der Waals surface area contributed by atoms with Gasteiger partial charge in [-0.1, -0.05) is 11.6 Å². The summed E-state index contributed by atoms with van der Waals surface area (Å²) in [6.07, 6.45) is 1.50. The Balaban J connectivity index is 2.34. The molecular formula is C10H13Cl2N3S. The molecule has 1 atom stereocenters. The van der Waals surface area contributed by atoms with Crippen molar-refractivity contribution >= 4 is 40.8 Å². The lowest BCUT2D eigenvalue weighted by Gasteiger charge is -2.35. The van der Waals surface area contributed by atoms with E-state index in [2.05, 4.69) is 21.8 Å². The van der Waals surface area contributed by atoms with Gasteiger partial charge in [-0.05, 0) is 6.92 Å². The van der Waals surface area contributed by atoms with Gasteiger partial charge in [0.2, 0.25) is 0 Å². The van der Waals surface area contributed by atoms with Crippen LogP contribution >= 0.6 is 35.0 Å². The van der Waals surface area contributed by atoms with Crippen molar-refractivity contribution in [2.45, 2.75) is 18.8 Å². The van der Waals surface area contributed by atoms with Crippen LogP contribution < -0.4 is 4.90 Å². The molecule has 2 rings (SSSR count). The minimum atomic E-state index is 0.353. The highest BCUT2D eigenvalue weighted by Crippen LogP contribution is 2.29. The summed E-state index contributed by atoms with van der Waals surface area (Å²) in [5.41, 5.74) is 0.838. The van der Waals surface area contributed by atoms with E-state index in [1.807, 2.05) is 11.8 Å². The SMILES string of the molecule is CC1CSCCN1c1ncnc(Cl)c1CCl. The number of hydrogen-bond acceptors (Lipinski definition) is 4. The van der Waals surface area contributed by atoms with Crippen LogP contribution in [-0.4, -0.2) is 34.1 Å². The largest absolute Gasteiger partial charge is 0.352 e. The Labute approximate surface area is 110 Å². The monoisotopic (exact) mass is 277 g/mol. The molecule has 3 nitrogen and oxygen atoms in total. The van der Waals surface area contributed by atoms with Gasteiger partial charge in [0.25, 0.3) is 0 Å². The van der Waals surface area contributed by atoms with E-state index in [9.17, 15) is 0 Å². The van der Waals surface area contributed by atoms with Crippen molar-refractivity contribution in [2.24, 2.45) is 0 Å². The van der Waals surface area contributed by atoms with E-state index in [-0.39, 0.29) is 0 Å². The van der Waals surface area contributed by atoms with Gasteiger partial charge in [-0.15, -0.1) is 11.6 Å². The summed E-state index contributed by atoms with van der Waals surface area (Å²) in [5, 5.41) is 0.463. The summed E-state index contributed by atoms with van der Waals surface area (Å²) in [5.74, 6) is 3.48. The van der Waals surface area contributed by atoms with Crippen molar-refractivity contribution in [1.82, 2.24) is 9.97 Å². The Morgan fingerprint density at radius 2 is 2.38 bits per heavy atom. The standard InChI is InChI=1S/C10H13Cl2N3S/c1-7-5-16-3-2-15(7)10-8(4-11)9(12)13-6-14-10/h6-7H,2-5H2,1H3. The fraction of sp³-hybridized carbons (Fsp3) is 0.600. The minimum absolute atomic E-state index is 0.353. The van der Waals surface area contributed by atoms with Crippen molar-refractivity contribution in [1.29, 1.82) is 0 Å². The number of alkyl halides is 1. The van der Waals surface area contributed by atoms with E-state index in [1.54, 1.807) is 0 Å². The summed E-state index contributed by atoms with van der Waals surface area (Å²) in [4.78, 5) is 10.6. The lowest BCUT2D eigenvalue weighted by molar-refractivity contribution is 0.685. The molecule has 0 saturated carbocycles. The van der Waals surface area contributed by atoms with Crippen LogP contribution in [0.3, 0.4) is 0 Å². The number of aromatic nitrogens is 2. The van der Waals surface area contributed by atoms with Crippen LogP contribution in [0.2, 0.25) is 5.15 Å². The normalized spacial score (nSPS) is 21.2. The highest BCUT2D eigenvalue weighted by Gasteiger charge is 2.23. The summed E-state index contributed by atoms with van der Waals surface area (Å²) in [6, 6.07) is 0.465. The van der Waals surface area contributed by atoms with Gasteiger partial charge >= 0.3 is 0 Å². The van der Waals surface area contributed by atoms with Crippen LogP contribution in [0.25, 0.3) is 0 Å². The molecule has 6 heteroatoms. The maximum Gasteiger partial charge on any atom is 0.138 e. The molecule has 0 radical (unpaired) electrons. The van der Waals surface area contributed by atoms with E-state index in [1.165, 1.54) is 6.33 Å². The minimum Gasteiger partial charge on any atom is -0.352 e. The van der Waals surface area contributed by atoms with Crippen LogP contribution in [-0.2, 0) is 5.88 Å². The topological polar surface area (TPSA) is 29.0 Å². The third kappa shape index (κ3) is 2.39. The van der Waals surface area contributed by atoms with E-state index in [0.29, 0.717) is 17.1 Å². The maximum atomic E-state index is 6.03. The summed E-state index contributed by atoms with van der Waals surface area (Å²) >= 11 is 13.9. The quantitative estimate of drug-likeness (QED) is 0.614. The van der Waals surface area contributed by atoms with E-state index in [0.717, 1.165) is 29.4 Å².